The van der Waals surface area contributed by atoms with Crippen molar-refractivity contribution in [2.45, 2.75) is 181 Å². The zero-order valence-electron chi connectivity index (χ0n) is 37.1. The molecule has 1 aliphatic heterocycles. The maximum atomic E-state index is 13.0. The average molecular weight is 784 g/mol. The third kappa shape index (κ3) is 7.01. The molecule has 7 nitrogen and oxygen atoms in total. The van der Waals surface area contributed by atoms with Crippen LogP contribution in [0.1, 0.15) is 146 Å². The minimum absolute atomic E-state index is 0.193. The van der Waals surface area contributed by atoms with E-state index in [1.54, 1.807) is 11.3 Å². The number of aromatic nitrogens is 3. The van der Waals surface area contributed by atoms with Gasteiger partial charge < -0.3 is 23.4 Å². The Kier molecular flexibility index (Phi) is 11.6. The normalized spacial score (nSPS) is 16.3. The van der Waals surface area contributed by atoms with Crippen LogP contribution in [-0.2, 0) is 17.6 Å². The van der Waals surface area contributed by atoms with Crippen LogP contribution in [0.2, 0.25) is 33.2 Å². The van der Waals surface area contributed by atoms with Gasteiger partial charge in [0.15, 0.2) is 16.5 Å². The highest BCUT2D eigenvalue weighted by molar-refractivity contribution is 6.83. The molecule has 9 heteroatoms. The van der Waals surface area contributed by atoms with Gasteiger partial charge in [-0.2, -0.15) is 0 Å². The number of anilines is 2. The zero-order chi connectivity index (χ0) is 40.4. The molecule has 1 saturated heterocycles. The molecule has 0 atom stereocenters. The van der Waals surface area contributed by atoms with Crippen molar-refractivity contribution < 1.29 is 9.53 Å². The van der Waals surface area contributed by atoms with Gasteiger partial charge in [-0.3, -0.25) is 0 Å². The maximum Gasteiger partial charge on any atom is 0.410 e. The zero-order valence-corrected chi connectivity index (χ0v) is 39.1. The highest BCUT2D eigenvalue weighted by Crippen LogP contribution is 2.49. The number of piperidine rings is 1. The lowest BCUT2D eigenvalue weighted by Gasteiger charge is -2.45. The molecule has 4 aromatic rings. The number of hydrogen-bond acceptors (Lipinski definition) is 4. The fourth-order valence-corrected chi connectivity index (χ4v) is 25.6. The van der Waals surface area contributed by atoms with E-state index in [9.17, 15) is 4.79 Å². The van der Waals surface area contributed by atoms with Crippen molar-refractivity contribution in [2.75, 3.05) is 18.4 Å². The Morgan fingerprint density at radius 1 is 0.782 bits per heavy atom. The van der Waals surface area contributed by atoms with Crippen LogP contribution in [0.4, 0.5) is 16.3 Å². The minimum atomic E-state index is -2.04. The molecule has 1 amide bonds. The lowest BCUT2D eigenvalue weighted by molar-refractivity contribution is 0.0205. The van der Waals surface area contributed by atoms with Gasteiger partial charge in [0.2, 0.25) is 0 Å². The van der Waals surface area contributed by atoms with Gasteiger partial charge in [0.05, 0.1) is 0 Å². The van der Waals surface area contributed by atoms with Crippen LogP contribution in [0.3, 0.4) is 0 Å². The lowest BCUT2D eigenvalue weighted by Crippen LogP contribution is -2.52. The van der Waals surface area contributed by atoms with Crippen LogP contribution in [0.5, 0.6) is 0 Å². The molecule has 4 heterocycles. The van der Waals surface area contributed by atoms with E-state index in [0.29, 0.717) is 52.3 Å². The number of hydrogen-bond donors (Lipinski definition) is 1. The fourth-order valence-electron chi connectivity index (χ4n) is 12.2. The molecule has 0 bridgehead atoms. The van der Waals surface area contributed by atoms with E-state index in [1.165, 1.54) is 33.9 Å². The van der Waals surface area contributed by atoms with Gasteiger partial charge in [0.25, 0.3) is 0 Å². The average Bonchev–Trinajstić information content (AvgIpc) is 3.78. The number of nitrogens with one attached hydrogen (secondary N) is 1. The summed E-state index contributed by atoms with van der Waals surface area (Å²) >= 11 is 0. The number of benzene rings is 1. The van der Waals surface area contributed by atoms with E-state index in [4.69, 9.17) is 9.72 Å². The van der Waals surface area contributed by atoms with Crippen molar-refractivity contribution in [3.63, 3.8) is 0 Å². The Balaban J connectivity index is 1.45. The van der Waals surface area contributed by atoms with Gasteiger partial charge in [-0.15, -0.1) is 0 Å². The van der Waals surface area contributed by atoms with Crippen LogP contribution in [-0.4, -0.2) is 59.6 Å². The van der Waals surface area contributed by atoms with Gasteiger partial charge in [0.1, 0.15) is 17.1 Å². The van der Waals surface area contributed by atoms with Gasteiger partial charge in [-0.1, -0.05) is 83.1 Å². The quantitative estimate of drug-likeness (QED) is 0.154. The van der Waals surface area contributed by atoms with E-state index in [0.717, 1.165) is 37.2 Å². The summed E-state index contributed by atoms with van der Waals surface area (Å²) in [6, 6.07) is 11.6. The summed E-state index contributed by atoms with van der Waals surface area (Å²) in [7, 11) is -4.07. The van der Waals surface area contributed by atoms with E-state index in [1.807, 2.05) is 25.7 Å². The van der Waals surface area contributed by atoms with E-state index in [-0.39, 0.29) is 6.09 Å². The first kappa shape index (κ1) is 41.6. The van der Waals surface area contributed by atoms with Crippen molar-refractivity contribution in [3.8, 4) is 0 Å². The van der Waals surface area contributed by atoms with Crippen molar-refractivity contribution in [3.05, 3.63) is 53.3 Å². The number of rotatable bonds is 11. The number of pyridine rings is 1. The topological polar surface area (TPSA) is 64.3 Å². The SMILES string of the molecule is CC(C)[Si](C(C)C)(C(C)C)n1cc(C2CCN(C(=O)OC(C)(C)C)CC2)c2cc(Nc3ccc4c5c(n([Si](C(C)C)(C(C)C)C(C)C)c4n3)CCC5)ccc21. The number of carbonyl (C=O) groups is 1. The van der Waals surface area contributed by atoms with Crippen molar-refractivity contribution in [1.82, 2.24) is 18.3 Å². The third-order valence-corrected chi connectivity index (χ3v) is 27.5. The molecule has 55 heavy (non-hydrogen) atoms. The predicted molar refractivity (Wildman–Crippen MR) is 240 cm³/mol. The summed E-state index contributed by atoms with van der Waals surface area (Å²) < 4.78 is 11.4. The van der Waals surface area contributed by atoms with Gasteiger partial charge in [-0.25, -0.2) is 9.78 Å². The number of carbonyl (C=O) groups excluding carboxylic acids is 1. The van der Waals surface area contributed by atoms with E-state index in [2.05, 4.69) is 133 Å². The summed E-state index contributed by atoms with van der Waals surface area (Å²) in [5, 5.41) is 6.54. The Morgan fingerprint density at radius 2 is 1.36 bits per heavy atom. The number of aryl methyl sites for hydroxylation is 1. The van der Waals surface area contributed by atoms with Crippen LogP contribution >= 0.6 is 0 Å². The van der Waals surface area contributed by atoms with E-state index >= 15 is 0 Å². The second kappa shape index (κ2) is 15.4. The molecule has 0 saturated carbocycles. The first-order valence-corrected chi connectivity index (χ1v) is 26.1. The summed E-state index contributed by atoms with van der Waals surface area (Å²) in [5.74, 6) is 1.29. The molecule has 0 unspecified atom stereocenters. The van der Waals surface area contributed by atoms with Crippen molar-refractivity contribution >= 4 is 56.0 Å². The van der Waals surface area contributed by atoms with Crippen molar-refractivity contribution in [1.29, 1.82) is 0 Å². The molecular formula is C46H73N5O2Si2. The van der Waals surface area contributed by atoms with Gasteiger partial charge >= 0.3 is 6.09 Å². The van der Waals surface area contributed by atoms with Gasteiger partial charge in [0, 0.05) is 40.8 Å². The predicted octanol–water partition coefficient (Wildman–Crippen LogP) is 13.4. The molecule has 1 fully saturated rings. The molecule has 2 aliphatic rings. The highest BCUT2D eigenvalue weighted by atomic mass is 28.3. The first-order valence-electron chi connectivity index (χ1n) is 21.7. The molecule has 0 spiro atoms. The second-order valence-corrected chi connectivity index (χ2v) is 31.3. The molecule has 1 N–H and O–H groups in total. The maximum absolute atomic E-state index is 13.0. The summed E-state index contributed by atoms with van der Waals surface area (Å²) in [4.78, 5) is 20.5. The number of nitrogens with zero attached hydrogens (tertiary/aromatic N) is 4. The van der Waals surface area contributed by atoms with Crippen LogP contribution in [0.25, 0.3) is 21.9 Å². The lowest BCUT2D eigenvalue weighted by atomic mass is 9.89. The Labute approximate surface area is 335 Å². The van der Waals surface area contributed by atoms with Gasteiger partial charge in [-0.05, 0) is 140 Å². The van der Waals surface area contributed by atoms with Crippen LogP contribution < -0.4 is 5.32 Å². The molecule has 6 rings (SSSR count). The van der Waals surface area contributed by atoms with Crippen LogP contribution in [0.15, 0.2) is 36.5 Å². The Bertz CT molecular complexity index is 1960. The number of fused-ring (bicyclic) bond motifs is 4. The molecule has 0 radical (unpaired) electrons. The van der Waals surface area contributed by atoms with Crippen LogP contribution in [0, 0.1) is 0 Å². The monoisotopic (exact) mass is 784 g/mol. The molecule has 3 aromatic heterocycles. The summed E-state index contributed by atoms with van der Waals surface area (Å²) in [6.07, 6.45) is 7.80. The number of ether oxygens (including phenoxy) is 1. The molecule has 302 valence electrons. The molecular weight excluding hydrogens is 711 g/mol. The minimum Gasteiger partial charge on any atom is -0.444 e. The second-order valence-electron chi connectivity index (χ2n) is 19.9. The standard InChI is InChI=1S/C46H73N5O2Si2/c1-29(2)54(30(3)4,31(5)6)50-28-40(35-23-25-49(26-24-35)45(52)53-46(13,14)15)39-27-36(19-21-41(39)50)47-43-22-20-38-37-17-16-18-42(37)51(44(38)48-43)55(32(7)8,33(9)10)34(11)12/h19-22,27-35H,16-18,23-26H2,1-15H3,(H,47,48). The Morgan fingerprint density at radius 3 is 1.91 bits per heavy atom. The summed E-state index contributed by atoms with van der Waals surface area (Å²) in [5.41, 5.74) is 11.2. The molecule has 1 aliphatic carbocycles. The van der Waals surface area contributed by atoms with E-state index < -0.39 is 22.1 Å². The largest absolute Gasteiger partial charge is 0.444 e. The first-order chi connectivity index (χ1) is 25.8. The highest BCUT2D eigenvalue weighted by Gasteiger charge is 2.49. The molecule has 1 aromatic carbocycles. The summed E-state index contributed by atoms with van der Waals surface area (Å²) in [6.45, 7) is 36.8. The number of amides is 1. The third-order valence-electron chi connectivity index (χ3n) is 13.9. The van der Waals surface area contributed by atoms with Crippen molar-refractivity contribution in [2.24, 2.45) is 0 Å². The fraction of sp³-hybridized carbons (Fsp3) is 0.652. The smallest absolute Gasteiger partial charge is 0.410 e. The number of likely N-dealkylation sites (tertiary alicyclic amines) is 1. The Hall–Kier alpha value is -3.05.